The molecule has 4 nitrogen and oxygen atoms in total. The van der Waals surface area contributed by atoms with Gasteiger partial charge in [0, 0.05) is 31.0 Å². The van der Waals surface area contributed by atoms with Gasteiger partial charge in [-0.15, -0.1) is 0 Å². The van der Waals surface area contributed by atoms with Gasteiger partial charge in [-0.05, 0) is 37.6 Å². The molecular formula is C15H19N3O. The van der Waals surface area contributed by atoms with Crippen LogP contribution in [0.2, 0.25) is 0 Å². The lowest BCUT2D eigenvalue weighted by atomic mass is 9.88. The second-order valence-electron chi connectivity index (χ2n) is 5.05. The molecule has 1 N–H and O–H groups in total. The standard InChI is InChI=1S/C15H19N3O/c1-16-15(12-3-2-8-19-10-12)11-4-5-13-14(9-11)18-7-6-17-13/h4-7,9,12,15-16H,2-3,8,10H2,1H3. The molecule has 0 spiro atoms. The predicted molar refractivity (Wildman–Crippen MR) is 74.9 cm³/mol. The van der Waals surface area contributed by atoms with Crippen molar-refractivity contribution < 1.29 is 4.74 Å². The Kier molecular flexibility index (Phi) is 3.71. The van der Waals surface area contributed by atoms with Gasteiger partial charge in [-0.3, -0.25) is 9.97 Å². The molecule has 100 valence electrons. The van der Waals surface area contributed by atoms with Gasteiger partial charge in [0.05, 0.1) is 17.6 Å². The third-order valence-corrected chi connectivity index (χ3v) is 3.83. The summed E-state index contributed by atoms with van der Waals surface area (Å²) < 4.78 is 5.61. The van der Waals surface area contributed by atoms with Crippen molar-refractivity contribution in [1.82, 2.24) is 15.3 Å². The fourth-order valence-corrected chi connectivity index (χ4v) is 2.88. The maximum absolute atomic E-state index is 5.61. The molecule has 2 unspecified atom stereocenters. The number of hydrogen-bond acceptors (Lipinski definition) is 4. The van der Waals surface area contributed by atoms with E-state index in [1.54, 1.807) is 12.4 Å². The fourth-order valence-electron chi connectivity index (χ4n) is 2.88. The minimum Gasteiger partial charge on any atom is -0.381 e. The van der Waals surface area contributed by atoms with Crippen molar-refractivity contribution in [2.75, 3.05) is 20.3 Å². The van der Waals surface area contributed by atoms with Gasteiger partial charge in [0.1, 0.15) is 0 Å². The molecule has 1 aromatic heterocycles. The van der Waals surface area contributed by atoms with Crippen molar-refractivity contribution in [3.05, 3.63) is 36.2 Å². The molecule has 1 fully saturated rings. The highest BCUT2D eigenvalue weighted by Crippen LogP contribution is 2.29. The first kappa shape index (κ1) is 12.5. The normalized spacial score (nSPS) is 21.4. The van der Waals surface area contributed by atoms with Crippen molar-refractivity contribution in [3.63, 3.8) is 0 Å². The maximum atomic E-state index is 5.61. The highest BCUT2D eigenvalue weighted by molar-refractivity contribution is 5.74. The van der Waals surface area contributed by atoms with E-state index in [0.29, 0.717) is 12.0 Å². The van der Waals surface area contributed by atoms with Gasteiger partial charge in [0.15, 0.2) is 0 Å². The van der Waals surface area contributed by atoms with E-state index in [1.165, 1.54) is 12.0 Å². The molecule has 1 saturated heterocycles. The molecule has 1 aliphatic rings. The number of rotatable bonds is 3. The molecule has 2 atom stereocenters. The number of ether oxygens (including phenoxy) is 1. The fraction of sp³-hybridized carbons (Fsp3) is 0.467. The highest BCUT2D eigenvalue weighted by atomic mass is 16.5. The van der Waals surface area contributed by atoms with Crippen LogP contribution < -0.4 is 5.32 Å². The van der Waals surface area contributed by atoms with E-state index < -0.39 is 0 Å². The summed E-state index contributed by atoms with van der Waals surface area (Å²) in [6.45, 7) is 1.74. The molecule has 0 aliphatic carbocycles. The monoisotopic (exact) mass is 257 g/mol. The molecule has 0 radical (unpaired) electrons. The molecule has 0 amide bonds. The van der Waals surface area contributed by atoms with Crippen LogP contribution in [0.3, 0.4) is 0 Å². The first-order valence-electron chi connectivity index (χ1n) is 6.84. The second-order valence-corrected chi connectivity index (χ2v) is 5.05. The molecular weight excluding hydrogens is 238 g/mol. The largest absolute Gasteiger partial charge is 0.381 e. The van der Waals surface area contributed by atoms with E-state index in [9.17, 15) is 0 Å². The molecule has 2 aromatic rings. The van der Waals surface area contributed by atoms with Crippen LogP contribution in [-0.4, -0.2) is 30.2 Å². The zero-order valence-corrected chi connectivity index (χ0v) is 11.2. The van der Waals surface area contributed by atoms with Gasteiger partial charge >= 0.3 is 0 Å². The zero-order valence-electron chi connectivity index (χ0n) is 11.2. The van der Waals surface area contributed by atoms with Crippen molar-refractivity contribution >= 4 is 11.0 Å². The zero-order chi connectivity index (χ0) is 13.1. The maximum Gasteiger partial charge on any atom is 0.0890 e. The third-order valence-electron chi connectivity index (χ3n) is 3.83. The number of nitrogens with zero attached hydrogens (tertiary/aromatic N) is 2. The first-order chi connectivity index (χ1) is 9.38. The Morgan fingerprint density at radius 3 is 2.84 bits per heavy atom. The molecule has 1 aromatic carbocycles. The number of aromatic nitrogens is 2. The summed E-state index contributed by atoms with van der Waals surface area (Å²) in [5.41, 5.74) is 3.17. The van der Waals surface area contributed by atoms with Crippen LogP contribution in [0.1, 0.15) is 24.4 Å². The third kappa shape index (κ3) is 2.60. The van der Waals surface area contributed by atoms with E-state index in [4.69, 9.17) is 4.74 Å². The number of hydrogen-bond donors (Lipinski definition) is 1. The predicted octanol–water partition coefficient (Wildman–Crippen LogP) is 2.32. The van der Waals surface area contributed by atoms with E-state index in [0.717, 1.165) is 30.7 Å². The lowest BCUT2D eigenvalue weighted by Crippen LogP contribution is -2.31. The van der Waals surface area contributed by atoms with E-state index in [2.05, 4.69) is 27.4 Å². The van der Waals surface area contributed by atoms with Gasteiger partial charge in [-0.2, -0.15) is 0 Å². The summed E-state index contributed by atoms with van der Waals surface area (Å²) in [5, 5.41) is 3.42. The Morgan fingerprint density at radius 2 is 2.11 bits per heavy atom. The van der Waals surface area contributed by atoms with Crippen LogP contribution in [0.5, 0.6) is 0 Å². The summed E-state index contributed by atoms with van der Waals surface area (Å²) in [4.78, 5) is 8.69. The molecule has 3 rings (SSSR count). The van der Waals surface area contributed by atoms with Crippen molar-refractivity contribution in [1.29, 1.82) is 0 Å². The molecule has 1 aliphatic heterocycles. The van der Waals surface area contributed by atoms with E-state index in [-0.39, 0.29) is 0 Å². The van der Waals surface area contributed by atoms with Crippen molar-refractivity contribution in [2.45, 2.75) is 18.9 Å². The Bertz CT molecular complexity index is 552. The number of benzene rings is 1. The van der Waals surface area contributed by atoms with E-state index >= 15 is 0 Å². The summed E-state index contributed by atoms with van der Waals surface area (Å²) in [6, 6.07) is 6.66. The van der Waals surface area contributed by atoms with Crippen LogP contribution in [-0.2, 0) is 4.74 Å². The summed E-state index contributed by atoms with van der Waals surface area (Å²) >= 11 is 0. The molecule has 4 heteroatoms. The van der Waals surface area contributed by atoms with Gasteiger partial charge in [0.2, 0.25) is 0 Å². The average Bonchev–Trinajstić information content (AvgIpc) is 2.49. The van der Waals surface area contributed by atoms with E-state index in [1.807, 2.05) is 13.1 Å². The topological polar surface area (TPSA) is 47.0 Å². The quantitative estimate of drug-likeness (QED) is 0.916. The summed E-state index contributed by atoms with van der Waals surface area (Å²) in [7, 11) is 2.01. The van der Waals surface area contributed by atoms with Crippen molar-refractivity contribution in [2.24, 2.45) is 5.92 Å². The van der Waals surface area contributed by atoms with Crippen LogP contribution in [0.4, 0.5) is 0 Å². The second kappa shape index (κ2) is 5.63. The molecule has 2 heterocycles. The minimum atomic E-state index is 0.326. The minimum absolute atomic E-state index is 0.326. The van der Waals surface area contributed by atoms with Crippen molar-refractivity contribution in [3.8, 4) is 0 Å². The Morgan fingerprint density at radius 1 is 1.26 bits per heavy atom. The van der Waals surface area contributed by atoms with Gasteiger partial charge in [-0.1, -0.05) is 6.07 Å². The lowest BCUT2D eigenvalue weighted by Gasteiger charge is -2.30. The molecule has 19 heavy (non-hydrogen) atoms. The lowest BCUT2D eigenvalue weighted by molar-refractivity contribution is 0.0402. The van der Waals surface area contributed by atoms with Gasteiger partial charge in [-0.25, -0.2) is 0 Å². The van der Waals surface area contributed by atoms with Crippen LogP contribution in [0, 0.1) is 5.92 Å². The highest BCUT2D eigenvalue weighted by Gasteiger charge is 2.24. The average molecular weight is 257 g/mol. The number of nitrogens with one attached hydrogen (secondary N) is 1. The Balaban J connectivity index is 1.91. The number of fused-ring (bicyclic) bond motifs is 1. The SMILES string of the molecule is CNC(c1ccc2nccnc2c1)C1CCCOC1. The Labute approximate surface area is 113 Å². The smallest absolute Gasteiger partial charge is 0.0890 e. The van der Waals surface area contributed by atoms with Crippen LogP contribution >= 0.6 is 0 Å². The Hall–Kier alpha value is -1.52. The summed E-state index contributed by atoms with van der Waals surface area (Å²) in [6.07, 6.45) is 5.83. The molecule has 0 saturated carbocycles. The summed E-state index contributed by atoms with van der Waals surface area (Å²) in [5.74, 6) is 0.535. The van der Waals surface area contributed by atoms with Crippen LogP contribution in [0.15, 0.2) is 30.6 Å². The van der Waals surface area contributed by atoms with Gasteiger partial charge < -0.3 is 10.1 Å². The van der Waals surface area contributed by atoms with Gasteiger partial charge in [0.25, 0.3) is 0 Å². The first-order valence-corrected chi connectivity index (χ1v) is 6.84. The molecule has 0 bridgehead atoms. The van der Waals surface area contributed by atoms with Crippen LogP contribution in [0.25, 0.3) is 11.0 Å².